The Morgan fingerprint density at radius 1 is 1.03 bits per heavy atom. The molecule has 4 heteroatoms. The molecule has 0 saturated heterocycles. The molecule has 0 aliphatic heterocycles. The minimum Gasteiger partial charge on any atom is -0.872 e. The van der Waals surface area contributed by atoms with Gasteiger partial charge in [-0.25, -0.2) is 4.79 Å². The van der Waals surface area contributed by atoms with E-state index in [0.29, 0.717) is 16.7 Å². The number of carboxylic acids is 1. The lowest BCUT2D eigenvalue weighted by atomic mass is 9.75. The van der Waals surface area contributed by atoms with E-state index < -0.39 is 16.8 Å². The number of carbonyl (C=O) groups is 1. The van der Waals surface area contributed by atoms with Crippen LogP contribution in [-0.4, -0.2) is 16.8 Å². The average Bonchev–Trinajstić information content (AvgIpc) is 2.57. The van der Waals surface area contributed by atoms with Gasteiger partial charge in [-0.05, 0) is 52.7 Å². The zero-order valence-electron chi connectivity index (χ0n) is 19.8. The molecule has 1 rings (SSSR count). The molecule has 1 N–H and O–H groups in total. The second kappa shape index (κ2) is 10.7. The molecule has 1 atom stereocenters. The Balaban J connectivity index is 3.23. The molecule has 0 aromatic heterocycles. The summed E-state index contributed by atoms with van der Waals surface area (Å²) in [6, 6.07) is 1.64. The normalized spacial score (nSPS) is 13.5. The number of aromatic carboxylic acids is 1. The van der Waals surface area contributed by atoms with E-state index in [4.69, 9.17) is 0 Å². The van der Waals surface area contributed by atoms with Gasteiger partial charge in [-0.15, -0.1) is 5.75 Å². The highest BCUT2D eigenvalue weighted by Gasteiger charge is 2.30. The van der Waals surface area contributed by atoms with Crippen molar-refractivity contribution in [1.29, 1.82) is 0 Å². The van der Waals surface area contributed by atoms with Crippen LogP contribution in [-0.2, 0) is 10.8 Å². The highest BCUT2D eigenvalue weighted by molar-refractivity contribution is 7.99. The van der Waals surface area contributed by atoms with Crippen LogP contribution in [0.5, 0.6) is 5.75 Å². The monoisotopic (exact) mass is 421 g/mol. The van der Waals surface area contributed by atoms with Crippen LogP contribution in [0.15, 0.2) is 6.07 Å². The summed E-state index contributed by atoms with van der Waals surface area (Å²) in [5.41, 5.74) is 1.48. The number of hydrogen-bond donors (Lipinski definition) is 1. The molecule has 166 valence electrons. The standard InChI is InChI=1S/C25H42O3S/c1-9-10-11-12-13-14-15-29-17(2)20-18(23(27)28)16-19(24(3,4)5)22(26)21(20)25(6,7)8/h16-17,26H,9-15H2,1-8H3,(H,27,28)/p-1. The largest absolute Gasteiger partial charge is 0.872 e. The first-order chi connectivity index (χ1) is 13.3. The molecular weight excluding hydrogens is 380 g/mol. The van der Waals surface area contributed by atoms with Crippen molar-refractivity contribution >= 4 is 17.7 Å². The van der Waals surface area contributed by atoms with Gasteiger partial charge in [-0.1, -0.05) is 80.6 Å². The van der Waals surface area contributed by atoms with E-state index in [-0.39, 0.29) is 11.0 Å². The third-order valence-electron chi connectivity index (χ3n) is 5.38. The van der Waals surface area contributed by atoms with Gasteiger partial charge in [0.25, 0.3) is 0 Å². The third-order valence-corrected chi connectivity index (χ3v) is 6.64. The molecule has 1 aromatic carbocycles. The van der Waals surface area contributed by atoms with E-state index in [9.17, 15) is 15.0 Å². The number of hydrogen-bond acceptors (Lipinski definition) is 3. The Hall–Kier alpha value is -1.16. The fourth-order valence-corrected chi connectivity index (χ4v) is 4.94. The first-order valence-corrected chi connectivity index (χ1v) is 12.1. The maximum absolute atomic E-state index is 13.4. The Bertz CT molecular complexity index is 681. The number of carboxylic acid groups (broad SMARTS) is 1. The van der Waals surface area contributed by atoms with Gasteiger partial charge in [0, 0.05) is 5.25 Å². The first-order valence-electron chi connectivity index (χ1n) is 11.1. The van der Waals surface area contributed by atoms with E-state index in [1.54, 1.807) is 17.8 Å². The second-order valence-corrected chi connectivity index (χ2v) is 11.6. The van der Waals surface area contributed by atoms with Gasteiger partial charge in [0.2, 0.25) is 0 Å². The van der Waals surface area contributed by atoms with Crippen molar-refractivity contribution in [3.8, 4) is 5.75 Å². The van der Waals surface area contributed by atoms with Crippen LogP contribution in [0.3, 0.4) is 0 Å². The molecule has 0 aliphatic rings. The summed E-state index contributed by atoms with van der Waals surface area (Å²) in [4.78, 5) is 12.2. The molecule has 0 spiro atoms. The van der Waals surface area contributed by atoms with Gasteiger partial charge in [0.05, 0.1) is 5.56 Å². The zero-order chi connectivity index (χ0) is 22.4. The molecule has 0 amide bonds. The molecule has 0 saturated carbocycles. The van der Waals surface area contributed by atoms with E-state index >= 15 is 0 Å². The maximum atomic E-state index is 13.4. The molecule has 0 heterocycles. The summed E-state index contributed by atoms with van der Waals surface area (Å²) < 4.78 is 0. The average molecular weight is 422 g/mol. The van der Waals surface area contributed by atoms with E-state index in [1.807, 2.05) is 41.5 Å². The lowest BCUT2D eigenvalue weighted by Crippen LogP contribution is -2.25. The fourth-order valence-electron chi connectivity index (χ4n) is 3.81. The Morgan fingerprint density at radius 2 is 1.59 bits per heavy atom. The summed E-state index contributed by atoms with van der Waals surface area (Å²) in [7, 11) is 0. The Morgan fingerprint density at radius 3 is 2.07 bits per heavy atom. The number of benzene rings is 1. The third kappa shape index (κ3) is 7.24. The van der Waals surface area contributed by atoms with Gasteiger partial charge >= 0.3 is 5.97 Å². The number of rotatable bonds is 10. The summed E-state index contributed by atoms with van der Waals surface area (Å²) in [6.45, 7) is 16.2. The fraction of sp³-hybridized carbons (Fsp3) is 0.720. The number of unbranched alkanes of at least 4 members (excludes halogenated alkanes) is 5. The van der Waals surface area contributed by atoms with Crippen LogP contribution < -0.4 is 5.11 Å². The molecule has 1 aromatic rings. The summed E-state index contributed by atoms with van der Waals surface area (Å²) >= 11 is 1.77. The van der Waals surface area contributed by atoms with Crippen molar-refractivity contribution in [3.05, 3.63) is 28.3 Å². The molecule has 0 bridgehead atoms. The minimum absolute atomic E-state index is 0.0111. The van der Waals surface area contributed by atoms with Crippen LogP contribution in [0.1, 0.15) is 126 Å². The summed E-state index contributed by atoms with van der Waals surface area (Å²) in [6.07, 6.45) is 7.46. The topological polar surface area (TPSA) is 60.4 Å². The van der Waals surface area contributed by atoms with Crippen LogP contribution in [0.25, 0.3) is 0 Å². The maximum Gasteiger partial charge on any atom is 0.336 e. The van der Waals surface area contributed by atoms with E-state index in [0.717, 1.165) is 17.7 Å². The van der Waals surface area contributed by atoms with Crippen LogP contribution in [0.4, 0.5) is 0 Å². The summed E-state index contributed by atoms with van der Waals surface area (Å²) in [5, 5.41) is 23.4. The quantitative estimate of drug-likeness (QED) is 0.405. The molecule has 29 heavy (non-hydrogen) atoms. The van der Waals surface area contributed by atoms with Crippen LogP contribution >= 0.6 is 11.8 Å². The van der Waals surface area contributed by atoms with Crippen molar-refractivity contribution in [2.45, 2.75) is 110 Å². The predicted molar refractivity (Wildman–Crippen MR) is 124 cm³/mol. The van der Waals surface area contributed by atoms with Crippen LogP contribution in [0, 0.1) is 0 Å². The van der Waals surface area contributed by atoms with Crippen molar-refractivity contribution in [2.75, 3.05) is 5.75 Å². The first kappa shape index (κ1) is 25.9. The van der Waals surface area contributed by atoms with E-state index in [2.05, 4.69) is 13.8 Å². The Labute approximate surface area is 182 Å². The second-order valence-electron chi connectivity index (χ2n) is 10.2. The minimum atomic E-state index is -0.942. The lowest BCUT2D eigenvalue weighted by molar-refractivity contribution is -0.271. The highest BCUT2D eigenvalue weighted by Crippen LogP contribution is 2.46. The van der Waals surface area contributed by atoms with Crippen molar-refractivity contribution in [3.63, 3.8) is 0 Å². The summed E-state index contributed by atoms with van der Waals surface area (Å²) in [5.74, 6) is 0.0607. The van der Waals surface area contributed by atoms with Crippen molar-refractivity contribution in [2.24, 2.45) is 0 Å². The highest BCUT2D eigenvalue weighted by atomic mass is 32.2. The molecule has 0 aliphatic carbocycles. The predicted octanol–water partition coefficient (Wildman–Crippen LogP) is 7.21. The van der Waals surface area contributed by atoms with Gasteiger partial charge in [-0.3, -0.25) is 0 Å². The van der Waals surface area contributed by atoms with Gasteiger partial charge in [0.15, 0.2) is 0 Å². The van der Waals surface area contributed by atoms with Gasteiger partial charge in [-0.2, -0.15) is 11.8 Å². The molecule has 0 fully saturated rings. The molecule has 3 nitrogen and oxygen atoms in total. The van der Waals surface area contributed by atoms with Crippen molar-refractivity contribution < 1.29 is 15.0 Å². The van der Waals surface area contributed by atoms with Crippen molar-refractivity contribution in [1.82, 2.24) is 0 Å². The lowest BCUT2D eigenvalue weighted by Gasteiger charge is -2.37. The molecule has 0 radical (unpaired) electrons. The number of thioether (sulfide) groups is 1. The van der Waals surface area contributed by atoms with Gasteiger partial charge in [0.1, 0.15) is 0 Å². The van der Waals surface area contributed by atoms with Gasteiger partial charge < -0.3 is 10.2 Å². The van der Waals surface area contributed by atoms with E-state index in [1.165, 1.54) is 32.1 Å². The van der Waals surface area contributed by atoms with Crippen LogP contribution in [0.2, 0.25) is 0 Å². The Kier molecular flexibility index (Phi) is 9.59. The molecule has 1 unspecified atom stereocenters. The SMILES string of the molecule is CCCCCCCCSC(C)c1c(C(=O)O)cc(C(C)(C)C)c([O-])c1C(C)(C)C. The zero-order valence-corrected chi connectivity index (χ0v) is 20.6. The molecular formula is C25H41O3S-. The smallest absolute Gasteiger partial charge is 0.336 e.